The summed E-state index contributed by atoms with van der Waals surface area (Å²) >= 11 is 0. The third-order valence-electron chi connectivity index (χ3n) is 2.84. The Kier molecular flexibility index (Phi) is 18.0. The Hall–Kier alpha value is -0.0800. The Morgan fingerprint density at radius 1 is 1.12 bits per heavy atom. The van der Waals surface area contributed by atoms with Crippen LogP contribution in [0.4, 0.5) is 0 Å². The third kappa shape index (κ3) is 12.2. The monoisotopic (exact) mass is 244 g/mol. The summed E-state index contributed by atoms with van der Waals surface area (Å²) < 4.78 is 0. The summed E-state index contributed by atoms with van der Waals surface area (Å²) in [6.45, 7) is 14.0. The van der Waals surface area contributed by atoms with Gasteiger partial charge in [-0.2, -0.15) is 0 Å². The molecule has 106 valence electrons. The van der Waals surface area contributed by atoms with Crippen LogP contribution in [0.1, 0.15) is 66.7 Å². The lowest BCUT2D eigenvalue weighted by Crippen LogP contribution is -2.35. The average molecular weight is 244 g/mol. The van der Waals surface area contributed by atoms with Gasteiger partial charge in [0.1, 0.15) is 0 Å². The smallest absolute Gasteiger partial charge is 0.0195 e. The largest absolute Gasteiger partial charge is 0.313 e. The van der Waals surface area contributed by atoms with Gasteiger partial charge in [0.05, 0.1) is 0 Å². The first kappa shape index (κ1) is 19.3. The van der Waals surface area contributed by atoms with E-state index in [0.717, 1.165) is 6.04 Å². The minimum atomic E-state index is 0.770. The molecule has 0 aromatic heterocycles. The van der Waals surface area contributed by atoms with Crippen molar-refractivity contribution in [3.63, 3.8) is 0 Å². The molecule has 2 nitrogen and oxygen atoms in total. The highest BCUT2D eigenvalue weighted by Gasteiger charge is 2.15. The highest BCUT2D eigenvalue weighted by molar-refractivity contribution is 4.76. The zero-order chi connectivity index (χ0) is 13.5. The maximum Gasteiger partial charge on any atom is 0.0195 e. The maximum absolute atomic E-state index is 3.54. The average Bonchev–Trinajstić information content (AvgIpc) is 2.87. The molecule has 1 atom stereocenters. The van der Waals surface area contributed by atoms with Crippen LogP contribution in [0.5, 0.6) is 0 Å². The van der Waals surface area contributed by atoms with Crippen molar-refractivity contribution in [2.75, 3.05) is 26.7 Å². The summed E-state index contributed by atoms with van der Waals surface area (Å²) in [6, 6.07) is 0.770. The molecule has 17 heavy (non-hydrogen) atoms. The van der Waals surface area contributed by atoms with Gasteiger partial charge in [-0.05, 0) is 39.4 Å². The van der Waals surface area contributed by atoms with Crippen molar-refractivity contribution < 1.29 is 0 Å². The summed E-state index contributed by atoms with van der Waals surface area (Å²) in [6.07, 6.45) is 6.81. The number of nitrogens with one attached hydrogen (secondary N) is 1. The lowest BCUT2D eigenvalue weighted by Gasteiger charge is -2.20. The second-order valence-corrected chi connectivity index (χ2v) is 4.26. The molecule has 2 heteroatoms. The summed E-state index contributed by atoms with van der Waals surface area (Å²) in [5, 5.41) is 3.54. The predicted molar refractivity (Wildman–Crippen MR) is 80.7 cm³/mol. The van der Waals surface area contributed by atoms with Crippen LogP contribution in [0, 0.1) is 0 Å². The fourth-order valence-corrected chi connectivity index (χ4v) is 2.01. The predicted octanol–water partition coefficient (Wildman–Crippen LogP) is 3.91. The molecule has 1 fully saturated rings. The van der Waals surface area contributed by atoms with Gasteiger partial charge in [0, 0.05) is 12.6 Å². The zero-order valence-corrected chi connectivity index (χ0v) is 13.2. The quantitative estimate of drug-likeness (QED) is 0.713. The lowest BCUT2D eigenvalue weighted by molar-refractivity contribution is 0.294. The fraction of sp³-hybridized carbons (Fsp3) is 1.00. The molecule has 1 unspecified atom stereocenters. The normalized spacial score (nSPS) is 18.2. The van der Waals surface area contributed by atoms with Crippen LogP contribution < -0.4 is 5.32 Å². The van der Waals surface area contributed by atoms with Crippen molar-refractivity contribution in [1.82, 2.24) is 10.2 Å². The highest BCUT2D eigenvalue weighted by atomic mass is 15.1. The van der Waals surface area contributed by atoms with Crippen LogP contribution in [-0.2, 0) is 0 Å². The van der Waals surface area contributed by atoms with Crippen molar-refractivity contribution in [3.8, 4) is 0 Å². The molecule has 1 aliphatic heterocycles. The first-order chi connectivity index (χ1) is 8.33. The van der Waals surface area contributed by atoms with E-state index in [1.54, 1.807) is 0 Å². The van der Waals surface area contributed by atoms with Gasteiger partial charge in [0.25, 0.3) is 0 Å². The minimum absolute atomic E-state index is 0.770. The third-order valence-corrected chi connectivity index (χ3v) is 2.84. The van der Waals surface area contributed by atoms with Gasteiger partial charge in [-0.25, -0.2) is 0 Å². The van der Waals surface area contributed by atoms with E-state index in [1.807, 2.05) is 27.7 Å². The molecule has 1 N–H and O–H groups in total. The topological polar surface area (TPSA) is 15.3 Å². The van der Waals surface area contributed by atoms with Gasteiger partial charge in [-0.1, -0.05) is 47.5 Å². The van der Waals surface area contributed by atoms with E-state index >= 15 is 0 Å². The Labute approximate surface area is 110 Å². The molecule has 1 aliphatic rings. The molecule has 0 spiro atoms. The Morgan fingerprint density at radius 3 is 2.24 bits per heavy atom. The molecule has 0 aromatic rings. The van der Waals surface area contributed by atoms with Crippen LogP contribution in [0.2, 0.25) is 0 Å². The van der Waals surface area contributed by atoms with Crippen molar-refractivity contribution in [2.24, 2.45) is 0 Å². The van der Waals surface area contributed by atoms with Crippen LogP contribution in [0.3, 0.4) is 0 Å². The van der Waals surface area contributed by atoms with Crippen LogP contribution >= 0.6 is 0 Å². The van der Waals surface area contributed by atoms with Gasteiger partial charge in [0.15, 0.2) is 0 Å². The van der Waals surface area contributed by atoms with Crippen LogP contribution in [-0.4, -0.2) is 37.6 Å². The van der Waals surface area contributed by atoms with Crippen LogP contribution in [0.25, 0.3) is 0 Å². The van der Waals surface area contributed by atoms with Crippen molar-refractivity contribution >= 4 is 0 Å². The number of nitrogens with zero attached hydrogens (tertiary/aromatic N) is 1. The molecule has 1 heterocycles. The zero-order valence-electron chi connectivity index (χ0n) is 13.2. The van der Waals surface area contributed by atoms with Crippen molar-refractivity contribution in [3.05, 3.63) is 0 Å². The molecule has 0 aromatic carbocycles. The van der Waals surface area contributed by atoms with E-state index in [1.165, 1.54) is 51.7 Å². The van der Waals surface area contributed by atoms with Gasteiger partial charge in [-0.3, -0.25) is 0 Å². The minimum Gasteiger partial charge on any atom is -0.313 e. The fourth-order valence-electron chi connectivity index (χ4n) is 2.01. The maximum atomic E-state index is 3.54. The van der Waals surface area contributed by atoms with Gasteiger partial charge in [0.2, 0.25) is 0 Å². The molecule has 1 saturated heterocycles. The second kappa shape index (κ2) is 15.9. The highest BCUT2D eigenvalue weighted by Crippen LogP contribution is 2.06. The van der Waals surface area contributed by atoms with Gasteiger partial charge in [-0.15, -0.1) is 0 Å². The van der Waals surface area contributed by atoms with E-state index in [4.69, 9.17) is 0 Å². The second-order valence-electron chi connectivity index (χ2n) is 4.26. The number of hydrogen-bond acceptors (Lipinski definition) is 2. The van der Waals surface area contributed by atoms with Crippen molar-refractivity contribution in [1.29, 1.82) is 0 Å². The Bertz CT molecular complexity index is 120. The number of hydrogen-bond donors (Lipinski definition) is 1. The number of rotatable bonds is 6. The number of likely N-dealkylation sites (N-methyl/N-ethyl adjacent to an activating group) is 1. The molecule has 0 saturated carbocycles. The van der Waals surface area contributed by atoms with Gasteiger partial charge < -0.3 is 10.2 Å². The van der Waals surface area contributed by atoms with E-state index < -0.39 is 0 Å². The van der Waals surface area contributed by atoms with E-state index in [-0.39, 0.29) is 0 Å². The van der Waals surface area contributed by atoms with E-state index in [9.17, 15) is 0 Å². The van der Waals surface area contributed by atoms with Gasteiger partial charge >= 0.3 is 0 Å². The van der Waals surface area contributed by atoms with Crippen molar-refractivity contribution in [2.45, 2.75) is 72.8 Å². The van der Waals surface area contributed by atoms with Crippen LogP contribution in [0.15, 0.2) is 0 Å². The molecule has 0 amide bonds. The van der Waals surface area contributed by atoms with E-state index in [0.29, 0.717) is 0 Å². The molecular formula is C15H36N2. The molecule has 0 bridgehead atoms. The summed E-state index contributed by atoms with van der Waals surface area (Å²) in [7, 11) is 2.25. The molecular weight excluding hydrogens is 208 g/mol. The first-order valence-corrected chi connectivity index (χ1v) is 7.75. The molecule has 0 aliphatic carbocycles. The number of unbranched alkanes of at least 4 members (excludes halogenated alkanes) is 2. The SMILES string of the molecule is CC.CC.CCCCCN(C)CC1CCCN1. The first-order valence-electron chi connectivity index (χ1n) is 7.75. The summed E-state index contributed by atoms with van der Waals surface area (Å²) in [5.74, 6) is 0. The van der Waals surface area contributed by atoms with E-state index in [2.05, 4.69) is 24.2 Å². The summed E-state index contributed by atoms with van der Waals surface area (Å²) in [5.41, 5.74) is 0. The Morgan fingerprint density at radius 2 is 1.76 bits per heavy atom. The molecule has 0 radical (unpaired) electrons. The molecule has 1 rings (SSSR count). The summed E-state index contributed by atoms with van der Waals surface area (Å²) in [4.78, 5) is 2.47. The lowest BCUT2D eigenvalue weighted by atomic mass is 10.2. The Balaban J connectivity index is 0. The standard InChI is InChI=1S/C11H24N2.2C2H6/c1-3-4-5-9-13(2)10-11-7-6-8-12-11;2*1-2/h11-12H,3-10H2,1-2H3;2*1-2H3.